The zero-order chi connectivity index (χ0) is 20.5. The third-order valence-corrected chi connectivity index (χ3v) is 4.34. The minimum atomic E-state index is -0.0889. The van der Waals surface area contributed by atoms with Crippen molar-refractivity contribution in [3.8, 4) is 0 Å². The third kappa shape index (κ3) is 6.22. The Morgan fingerprint density at radius 2 is 2.18 bits per heavy atom. The summed E-state index contributed by atoms with van der Waals surface area (Å²) in [6.07, 6.45) is 4.33. The highest BCUT2D eigenvalue weighted by molar-refractivity contribution is 5.98. The highest BCUT2D eigenvalue weighted by Gasteiger charge is 2.27. The molecular formula is C18H31N7O3. The van der Waals surface area contributed by atoms with E-state index in [0.29, 0.717) is 38.8 Å². The molecule has 0 saturated carbocycles. The summed E-state index contributed by atoms with van der Waals surface area (Å²) in [5.41, 5.74) is 0.790. The Labute approximate surface area is 166 Å². The lowest BCUT2D eigenvalue weighted by molar-refractivity contribution is -0.127. The van der Waals surface area contributed by atoms with E-state index in [1.54, 1.807) is 29.9 Å². The number of ether oxygens (including phenoxy) is 1. The van der Waals surface area contributed by atoms with E-state index < -0.39 is 0 Å². The van der Waals surface area contributed by atoms with Crippen LogP contribution in [0, 0.1) is 0 Å². The minimum absolute atomic E-state index is 0.0259. The first-order valence-electron chi connectivity index (χ1n) is 9.52. The number of amides is 2. The summed E-state index contributed by atoms with van der Waals surface area (Å²) in [4.78, 5) is 34.1. The molecule has 0 aromatic carbocycles. The molecule has 0 aliphatic carbocycles. The Balaban J connectivity index is 2.00. The lowest BCUT2D eigenvalue weighted by Gasteiger charge is -2.35. The number of piperazine rings is 1. The second-order valence-corrected chi connectivity index (χ2v) is 6.74. The second kappa shape index (κ2) is 10.6. The Morgan fingerprint density at radius 3 is 2.79 bits per heavy atom. The first-order valence-corrected chi connectivity index (χ1v) is 9.52. The zero-order valence-electron chi connectivity index (χ0n) is 17.2. The molecule has 10 heteroatoms. The number of nitrogens with zero attached hydrogens (tertiary/aromatic N) is 6. The molecule has 0 atom stereocenters. The SMILES string of the molecule is CCOCCCNC(=NCC(=O)N(C)C)N1CCN(c2cnn(C)c2)C(=O)C1. The number of aliphatic imine (C=N–C) groups is 1. The number of hydrogen-bond acceptors (Lipinski definition) is 5. The van der Waals surface area contributed by atoms with Gasteiger partial charge in [0.15, 0.2) is 5.96 Å². The van der Waals surface area contributed by atoms with Crippen LogP contribution in [-0.2, 0) is 21.4 Å². The van der Waals surface area contributed by atoms with Crippen molar-refractivity contribution >= 4 is 23.5 Å². The van der Waals surface area contributed by atoms with Gasteiger partial charge in [0.25, 0.3) is 0 Å². The molecule has 0 spiro atoms. The molecule has 2 heterocycles. The zero-order valence-corrected chi connectivity index (χ0v) is 17.2. The summed E-state index contributed by atoms with van der Waals surface area (Å²) in [6.45, 7) is 5.34. The predicted octanol–water partition coefficient (Wildman–Crippen LogP) is -0.471. The monoisotopic (exact) mass is 393 g/mol. The number of rotatable bonds is 8. The molecule has 1 aromatic rings. The van der Waals surface area contributed by atoms with Crippen LogP contribution in [0.4, 0.5) is 5.69 Å². The molecular weight excluding hydrogens is 362 g/mol. The molecule has 0 radical (unpaired) electrons. The Kier molecular flexibility index (Phi) is 8.24. The summed E-state index contributed by atoms with van der Waals surface area (Å²) >= 11 is 0. The molecule has 0 unspecified atom stereocenters. The molecule has 2 amide bonds. The van der Waals surface area contributed by atoms with Crippen molar-refractivity contribution < 1.29 is 14.3 Å². The molecule has 1 saturated heterocycles. The van der Waals surface area contributed by atoms with Gasteiger partial charge in [-0.25, -0.2) is 4.99 Å². The minimum Gasteiger partial charge on any atom is -0.382 e. The summed E-state index contributed by atoms with van der Waals surface area (Å²) in [7, 11) is 5.22. The van der Waals surface area contributed by atoms with Crippen molar-refractivity contribution in [1.82, 2.24) is 24.9 Å². The van der Waals surface area contributed by atoms with Gasteiger partial charge >= 0.3 is 0 Å². The Morgan fingerprint density at radius 1 is 1.39 bits per heavy atom. The van der Waals surface area contributed by atoms with Gasteiger partial charge in [-0.05, 0) is 13.3 Å². The van der Waals surface area contributed by atoms with Crippen molar-refractivity contribution in [3.63, 3.8) is 0 Å². The molecule has 1 N–H and O–H groups in total. The standard InChI is InChI=1S/C18H31N7O3/c1-5-28-10-6-7-19-18(20-12-16(26)22(2)3)24-8-9-25(17(27)14-24)15-11-21-23(4)13-15/h11,13H,5-10,12,14H2,1-4H3,(H,19,20). The van der Waals surface area contributed by atoms with E-state index in [1.807, 2.05) is 25.1 Å². The van der Waals surface area contributed by atoms with Crippen LogP contribution in [0.25, 0.3) is 0 Å². The van der Waals surface area contributed by atoms with Gasteiger partial charge in [0.05, 0.1) is 11.9 Å². The lowest BCUT2D eigenvalue weighted by atomic mass is 10.3. The van der Waals surface area contributed by atoms with Crippen molar-refractivity contribution in [3.05, 3.63) is 12.4 Å². The number of carbonyl (C=O) groups is 2. The van der Waals surface area contributed by atoms with E-state index in [2.05, 4.69) is 15.4 Å². The van der Waals surface area contributed by atoms with Gasteiger partial charge in [-0.2, -0.15) is 5.10 Å². The highest BCUT2D eigenvalue weighted by atomic mass is 16.5. The third-order valence-electron chi connectivity index (χ3n) is 4.34. The van der Waals surface area contributed by atoms with Gasteiger partial charge in [-0.15, -0.1) is 0 Å². The maximum atomic E-state index is 12.6. The van der Waals surface area contributed by atoms with Crippen molar-refractivity contribution in [2.75, 3.05) is 64.9 Å². The summed E-state index contributed by atoms with van der Waals surface area (Å²) in [5, 5.41) is 7.39. The predicted molar refractivity (Wildman–Crippen MR) is 107 cm³/mol. The van der Waals surface area contributed by atoms with Crippen molar-refractivity contribution in [2.24, 2.45) is 12.0 Å². The largest absolute Gasteiger partial charge is 0.382 e. The average molecular weight is 393 g/mol. The highest BCUT2D eigenvalue weighted by Crippen LogP contribution is 2.16. The van der Waals surface area contributed by atoms with Crippen LogP contribution < -0.4 is 10.2 Å². The number of likely N-dealkylation sites (N-methyl/N-ethyl adjacent to an activating group) is 1. The fourth-order valence-electron chi connectivity index (χ4n) is 2.75. The Bertz CT molecular complexity index is 686. The quantitative estimate of drug-likeness (QED) is 0.364. The van der Waals surface area contributed by atoms with Crippen molar-refractivity contribution in [2.45, 2.75) is 13.3 Å². The van der Waals surface area contributed by atoms with E-state index in [9.17, 15) is 9.59 Å². The number of hydrogen-bond donors (Lipinski definition) is 1. The number of anilines is 1. The number of carbonyl (C=O) groups excluding carboxylic acids is 2. The van der Waals surface area contributed by atoms with Gasteiger partial charge in [0, 0.05) is 60.2 Å². The Hall–Kier alpha value is -2.62. The molecule has 1 aliphatic heterocycles. The lowest BCUT2D eigenvalue weighted by Crippen LogP contribution is -2.55. The van der Waals surface area contributed by atoms with Crippen LogP contribution in [-0.4, -0.2) is 97.4 Å². The normalized spacial score (nSPS) is 15.1. The summed E-state index contributed by atoms with van der Waals surface area (Å²) in [5.74, 6) is 0.460. The maximum absolute atomic E-state index is 12.6. The topological polar surface area (TPSA) is 95.3 Å². The van der Waals surface area contributed by atoms with E-state index in [-0.39, 0.29) is 24.9 Å². The van der Waals surface area contributed by atoms with Crippen LogP contribution in [0.15, 0.2) is 17.4 Å². The van der Waals surface area contributed by atoms with E-state index in [1.165, 1.54) is 4.90 Å². The van der Waals surface area contributed by atoms with Gasteiger partial charge in [0.2, 0.25) is 11.8 Å². The fraction of sp³-hybridized carbons (Fsp3) is 0.667. The second-order valence-electron chi connectivity index (χ2n) is 6.74. The average Bonchev–Trinajstić information content (AvgIpc) is 3.09. The van der Waals surface area contributed by atoms with Gasteiger partial charge < -0.3 is 24.8 Å². The number of aromatic nitrogens is 2. The number of aryl methyl sites for hydroxylation is 1. The van der Waals surface area contributed by atoms with Crippen LogP contribution in [0.5, 0.6) is 0 Å². The van der Waals surface area contributed by atoms with Crippen molar-refractivity contribution in [1.29, 1.82) is 0 Å². The van der Waals surface area contributed by atoms with Gasteiger partial charge in [0.1, 0.15) is 13.1 Å². The van der Waals surface area contributed by atoms with Crippen LogP contribution in [0.2, 0.25) is 0 Å². The van der Waals surface area contributed by atoms with Gasteiger partial charge in [-0.1, -0.05) is 0 Å². The first kappa shape index (κ1) is 21.7. The van der Waals surface area contributed by atoms with Crippen LogP contribution in [0.1, 0.15) is 13.3 Å². The number of nitrogens with one attached hydrogen (secondary N) is 1. The van der Waals surface area contributed by atoms with E-state index in [0.717, 1.165) is 12.1 Å². The van der Waals surface area contributed by atoms with Gasteiger partial charge in [-0.3, -0.25) is 14.3 Å². The summed E-state index contributed by atoms with van der Waals surface area (Å²) in [6, 6.07) is 0. The first-order chi connectivity index (χ1) is 13.4. The van der Waals surface area contributed by atoms with Crippen LogP contribution >= 0.6 is 0 Å². The molecule has 1 aromatic heterocycles. The molecule has 2 rings (SSSR count). The molecule has 1 fully saturated rings. The molecule has 28 heavy (non-hydrogen) atoms. The smallest absolute Gasteiger partial charge is 0.246 e. The van der Waals surface area contributed by atoms with E-state index in [4.69, 9.17) is 4.74 Å². The molecule has 156 valence electrons. The molecule has 0 bridgehead atoms. The fourth-order valence-corrected chi connectivity index (χ4v) is 2.75. The number of guanidine groups is 1. The molecule has 1 aliphatic rings. The molecule has 10 nitrogen and oxygen atoms in total. The van der Waals surface area contributed by atoms with E-state index >= 15 is 0 Å². The maximum Gasteiger partial charge on any atom is 0.246 e. The summed E-state index contributed by atoms with van der Waals surface area (Å²) < 4.78 is 7.02. The van der Waals surface area contributed by atoms with Crippen LogP contribution in [0.3, 0.4) is 0 Å².